The zero-order valence-corrected chi connectivity index (χ0v) is 36.3. The van der Waals surface area contributed by atoms with E-state index >= 15 is 0 Å². The largest absolute Gasteiger partial charge is 0.497 e. The maximum absolute atomic E-state index is 5.46. The lowest BCUT2D eigenvalue weighted by Crippen LogP contribution is -1.95. The summed E-state index contributed by atoms with van der Waals surface area (Å²) in [6.45, 7) is 8.72. The average molecular weight is 803 g/mol. The van der Waals surface area contributed by atoms with Gasteiger partial charge in [0.2, 0.25) is 0 Å². The van der Waals surface area contributed by atoms with Gasteiger partial charge in [0, 0.05) is 0 Å². The van der Waals surface area contributed by atoms with E-state index in [0.29, 0.717) is 0 Å². The fourth-order valence-corrected chi connectivity index (χ4v) is 8.80. The monoisotopic (exact) mass is 802 g/mol. The summed E-state index contributed by atoms with van der Waals surface area (Å²) in [7, 11) is 3.41. The van der Waals surface area contributed by atoms with Crippen molar-refractivity contribution in [2.45, 2.75) is 27.7 Å². The standard InChI is InChI=1S/C60H50O2/c1-39-15-17-41(3)55(35-39)57(37-43-19-31-49(61-5)32-20-43)45-23-27-47(28-24-45)59-51-11-7-9-13-53(51)60(54-14-10-8-12-52(54)59)48-29-25-46(26-30-48)58(56-36-40(2)16-18-42(56)4)38-44-21-33-50(62-6)34-22-44/h7-38H,1-6H3. The lowest BCUT2D eigenvalue weighted by atomic mass is 9.84. The molecule has 0 aliphatic carbocycles. The molecule has 2 heteroatoms. The molecule has 0 unspecified atom stereocenters. The van der Waals surface area contributed by atoms with Crippen LogP contribution in [0.25, 0.3) is 67.1 Å². The smallest absolute Gasteiger partial charge is 0.118 e. The lowest BCUT2D eigenvalue weighted by molar-refractivity contribution is 0.414. The molecule has 0 saturated heterocycles. The van der Waals surface area contributed by atoms with E-state index in [1.807, 2.05) is 24.3 Å². The molecule has 0 heterocycles. The number of methoxy groups -OCH3 is 2. The zero-order valence-electron chi connectivity index (χ0n) is 36.3. The van der Waals surface area contributed by atoms with Gasteiger partial charge in [0.05, 0.1) is 14.2 Å². The summed E-state index contributed by atoms with van der Waals surface area (Å²) in [6, 6.07) is 66.1. The number of hydrogen-bond acceptors (Lipinski definition) is 2. The molecule has 0 atom stereocenters. The number of benzene rings is 9. The fourth-order valence-electron chi connectivity index (χ4n) is 8.80. The number of aryl methyl sites for hydroxylation is 4. The van der Waals surface area contributed by atoms with Crippen molar-refractivity contribution in [1.82, 2.24) is 0 Å². The van der Waals surface area contributed by atoms with E-state index in [9.17, 15) is 0 Å². The summed E-state index contributed by atoms with van der Waals surface area (Å²) in [6.07, 6.45) is 4.59. The molecule has 0 aromatic heterocycles. The van der Waals surface area contributed by atoms with Gasteiger partial charge in [0.15, 0.2) is 0 Å². The van der Waals surface area contributed by atoms with Crippen LogP contribution in [0.15, 0.2) is 182 Å². The van der Waals surface area contributed by atoms with E-state index in [0.717, 1.165) is 22.6 Å². The van der Waals surface area contributed by atoms with E-state index in [4.69, 9.17) is 9.47 Å². The Morgan fingerprint density at radius 2 is 0.710 bits per heavy atom. The molecule has 302 valence electrons. The van der Waals surface area contributed by atoms with Crippen molar-refractivity contribution in [1.29, 1.82) is 0 Å². The molecule has 0 saturated carbocycles. The third kappa shape index (κ3) is 7.96. The molecule has 2 nitrogen and oxygen atoms in total. The molecule has 0 bridgehead atoms. The maximum Gasteiger partial charge on any atom is 0.118 e. The molecule has 0 amide bonds. The van der Waals surface area contributed by atoms with Gasteiger partial charge in [-0.15, -0.1) is 0 Å². The molecule has 0 fully saturated rings. The zero-order chi connectivity index (χ0) is 42.7. The summed E-state index contributed by atoms with van der Waals surface area (Å²) in [5, 5.41) is 4.93. The Kier molecular flexibility index (Phi) is 11.2. The van der Waals surface area contributed by atoms with Crippen molar-refractivity contribution in [3.8, 4) is 33.8 Å². The van der Waals surface area contributed by atoms with E-state index in [1.54, 1.807) is 14.2 Å². The van der Waals surface area contributed by atoms with Crippen molar-refractivity contribution < 1.29 is 9.47 Å². The highest BCUT2D eigenvalue weighted by Gasteiger charge is 2.18. The Morgan fingerprint density at radius 3 is 1.03 bits per heavy atom. The molecule has 0 N–H and O–H groups in total. The Bertz CT molecular complexity index is 2860. The summed E-state index contributed by atoms with van der Waals surface area (Å²) >= 11 is 0. The first-order valence-electron chi connectivity index (χ1n) is 21.3. The van der Waals surface area contributed by atoms with Crippen molar-refractivity contribution in [2.75, 3.05) is 14.2 Å². The Morgan fingerprint density at radius 1 is 0.371 bits per heavy atom. The van der Waals surface area contributed by atoms with Crippen molar-refractivity contribution in [2.24, 2.45) is 0 Å². The summed E-state index contributed by atoms with van der Waals surface area (Å²) in [4.78, 5) is 0. The maximum atomic E-state index is 5.46. The molecule has 62 heavy (non-hydrogen) atoms. The van der Waals surface area contributed by atoms with E-state index in [-0.39, 0.29) is 0 Å². The number of ether oxygens (including phenoxy) is 2. The predicted octanol–water partition coefficient (Wildman–Crippen LogP) is 15.8. The highest BCUT2D eigenvalue weighted by atomic mass is 16.5. The van der Waals surface area contributed by atoms with Gasteiger partial charge in [-0.3, -0.25) is 0 Å². The predicted molar refractivity (Wildman–Crippen MR) is 264 cm³/mol. The van der Waals surface area contributed by atoms with E-state index < -0.39 is 0 Å². The Labute approximate surface area is 366 Å². The number of rotatable bonds is 10. The van der Waals surface area contributed by atoms with Gasteiger partial charge < -0.3 is 9.47 Å². The van der Waals surface area contributed by atoms with Crippen LogP contribution in [0.2, 0.25) is 0 Å². The Balaban J connectivity index is 1.15. The van der Waals surface area contributed by atoms with Crippen LogP contribution in [0.5, 0.6) is 11.5 Å². The first-order valence-corrected chi connectivity index (χ1v) is 21.3. The summed E-state index contributed by atoms with van der Waals surface area (Å²) in [5.41, 5.74) is 19.3. The minimum atomic E-state index is 0.850. The number of fused-ring (bicyclic) bond motifs is 2. The minimum Gasteiger partial charge on any atom is -0.497 e. The molecule has 0 radical (unpaired) electrons. The average Bonchev–Trinajstić information content (AvgIpc) is 3.31. The molecule has 9 aromatic rings. The van der Waals surface area contributed by atoms with Crippen LogP contribution >= 0.6 is 0 Å². The van der Waals surface area contributed by atoms with Gasteiger partial charge in [0.25, 0.3) is 0 Å². The highest BCUT2D eigenvalue weighted by Crippen LogP contribution is 2.44. The highest BCUT2D eigenvalue weighted by molar-refractivity contribution is 6.21. The third-order valence-electron chi connectivity index (χ3n) is 12.1. The van der Waals surface area contributed by atoms with Gasteiger partial charge in [0.1, 0.15) is 11.5 Å². The molecule has 9 rings (SSSR count). The van der Waals surface area contributed by atoms with E-state index in [1.165, 1.54) is 99.5 Å². The third-order valence-corrected chi connectivity index (χ3v) is 12.1. The van der Waals surface area contributed by atoms with Gasteiger partial charge in [-0.1, -0.05) is 169 Å². The molecule has 0 aliphatic heterocycles. The molecule has 9 aromatic carbocycles. The van der Waals surface area contributed by atoms with Gasteiger partial charge >= 0.3 is 0 Å². The van der Waals surface area contributed by atoms with Crippen LogP contribution in [-0.2, 0) is 0 Å². The van der Waals surface area contributed by atoms with Crippen molar-refractivity contribution in [3.05, 3.63) is 238 Å². The second-order valence-electron chi connectivity index (χ2n) is 16.3. The summed E-state index contributed by atoms with van der Waals surface area (Å²) in [5.74, 6) is 1.70. The molecular weight excluding hydrogens is 753 g/mol. The van der Waals surface area contributed by atoms with Crippen LogP contribution in [0.3, 0.4) is 0 Å². The normalized spacial score (nSPS) is 11.9. The topological polar surface area (TPSA) is 18.5 Å². The first kappa shape index (κ1) is 40.0. The SMILES string of the molecule is COc1ccc(C=C(c2ccc(-c3c4ccccc4c(-c4ccc(C(=Cc5ccc(OC)cc5)c5cc(C)ccc5C)cc4)c4ccccc34)cc2)c2cc(C)ccc2C)cc1. The number of hydrogen-bond donors (Lipinski definition) is 0. The van der Waals surface area contributed by atoms with Crippen LogP contribution in [0.1, 0.15) is 55.6 Å². The van der Waals surface area contributed by atoms with Crippen LogP contribution in [0, 0.1) is 27.7 Å². The van der Waals surface area contributed by atoms with Crippen LogP contribution in [-0.4, -0.2) is 14.2 Å². The molecule has 0 aliphatic rings. The van der Waals surface area contributed by atoms with Crippen molar-refractivity contribution in [3.63, 3.8) is 0 Å². The van der Waals surface area contributed by atoms with Crippen LogP contribution < -0.4 is 9.47 Å². The molecular formula is C60H50O2. The van der Waals surface area contributed by atoms with Gasteiger partial charge in [-0.05, 0) is 164 Å². The lowest BCUT2D eigenvalue weighted by Gasteiger charge is -2.19. The van der Waals surface area contributed by atoms with Gasteiger partial charge in [-0.25, -0.2) is 0 Å². The summed E-state index contributed by atoms with van der Waals surface area (Å²) < 4.78 is 10.9. The first-order chi connectivity index (χ1) is 30.3. The quantitative estimate of drug-likeness (QED) is 0.101. The van der Waals surface area contributed by atoms with Crippen molar-refractivity contribution >= 4 is 44.8 Å². The van der Waals surface area contributed by atoms with E-state index in [2.05, 4.69) is 198 Å². The second-order valence-corrected chi connectivity index (χ2v) is 16.3. The fraction of sp³-hybridized carbons (Fsp3) is 0.100. The van der Waals surface area contributed by atoms with Crippen LogP contribution in [0.4, 0.5) is 0 Å². The minimum absolute atomic E-state index is 0.850. The Hall–Kier alpha value is -7.42. The van der Waals surface area contributed by atoms with Gasteiger partial charge in [-0.2, -0.15) is 0 Å². The second kappa shape index (κ2) is 17.3. The molecule has 0 spiro atoms.